The van der Waals surface area contributed by atoms with E-state index in [-0.39, 0.29) is 0 Å². The fraction of sp³-hybridized carbons (Fsp3) is 0.500. The zero-order valence-electron chi connectivity index (χ0n) is 10.3. The molecule has 1 unspecified atom stereocenters. The Hall–Kier alpha value is -1.00. The predicted molar refractivity (Wildman–Crippen MR) is 73.9 cm³/mol. The van der Waals surface area contributed by atoms with E-state index in [4.69, 9.17) is 0 Å². The van der Waals surface area contributed by atoms with Crippen LogP contribution in [0.25, 0.3) is 10.2 Å². The van der Waals surface area contributed by atoms with Gasteiger partial charge in [-0.3, -0.25) is 0 Å². The number of hydrogen-bond acceptors (Lipinski definition) is 3. The lowest BCUT2D eigenvalue weighted by Gasteiger charge is -2.21. The van der Waals surface area contributed by atoms with E-state index in [0.717, 1.165) is 34.7 Å². The van der Waals surface area contributed by atoms with E-state index in [1.165, 1.54) is 0 Å². The van der Waals surface area contributed by atoms with Crippen LogP contribution in [0.2, 0.25) is 0 Å². The van der Waals surface area contributed by atoms with Gasteiger partial charge < -0.3 is 5.32 Å². The topological polar surface area (TPSA) is 24.9 Å². The van der Waals surface area contributed by atoms with Crippen molar-refractivity contribution >= 4 is 21.6 Å². The maximum atomic E-state index is 14.8. The molecule has 1 aliphatic rings. The molecule has 1 aromatic heterocycles. The Balaban J connectivity index is 1.82. The summed E-state index contributed by atoms with van der Waals surface area (Å²) in [7, 11) is 0. The van der Waals surface area contributed by atoms with Gasteiger partial charge in [0.15, 0.2) is 0 Å². The van der Waals surface area contributed by atoms with Crippen molar-refractivity contribution in [3.8, 4) is 0 Å². The lowest BCUT2D eigenvalue weighted by atomic mass is 9.93. The van der Waals surface area contributed by atoms with Gasteiger partial charge in [-0.25, -0.2) is 9.37 Å². The summed E-state index contributed by atoms with van der Waals surface area (Å²) >= 11 is 1.62. The molecule has 2 heterocycles. The van der Waals surface area contributed by atoms with Crippen LogP contribution in [-0.4, -0.2) is 23.7 Å². The number of fused-ring (bicyclic) bond motifs is 1. The van der Waals surface area contributed by atoms with Gasteiger partial charge in [0.2, 0.25) is 0 Å². The van der Waals surface area contributed by atoms with Crippen LogP contribution < -0.4 is 5.32 Å². The third-order valence-electron chi connectivity index (χ3n) is 3.53. The van der Waals surface area contributed by atoms with Crippen molar-refractivity contribution in [1.82, 2.24) is 10.3 Å². The van der Waals surface area contributed by atoms with Crippen LogP contribution in [0, 0.1) is 0 Å². The SMILES string of the molecule is FC1(Cc2nc3ccccc3s2)CCCNCC1. The Morgan fingerprint density at radius 2 is 2.17 bits per heavy atom. The van der Waals surface area contributed by atoms with Crippen molar-refractivity contribution in [2.75, 3.05) is 13.1 Å². The highest BCUT2D eigenvalue weighted by molar-refractivity contribution is 7.18. The van der Waals surface area contributed by atoms with Crippen LogP contribution in [0.5, 0.6) is 0 Å². The minimum atomic E-state index is -1.07. The van der Waals surface area contributed by atoms with Crippen LogP contribution in [-0.2, 0) is 6.42 Å². The molecule has 2 aromatic rings. The molecule has 1 N–H and O–H groups in total. The second kappa shape index (κ2) is 4.94. The molecule has 4 heteroatoms. The van der Waals surface area contributed by atoms with E-state index < -0.39 is 5.67 Å². The summed E-state index contributed by atoms with van der Waals surface area (Å²) in [5.41, 5.74) is -0.0787. The van der Waals surface area contributed by atoms with Gasteiger partial charge in [-0.05, 0) is 44.5 Å². The molecule has 0 radical (unpaired) electrons. The molecular weight excluding hydrogens is 247 g/mol. The highest BCUT2D eigenvalue weighted by Crippen LogP contribution is 2.32. The monoisotopic (exact) mass is 264 g/mol. The van der Waals surface area contributed by atoms with Crippen LogP contribution >= 0.6 is 11.3 Å². The molecule has 1 aliphatic heterocycles. The summed E-state index contributed by atoms with van der Waals surface area (Å²) in [6.07, 6.45) is 2.63. The Labute approximate surface area is 110 Å². The standard InChI is InChI=1S/C14H17FN2S/c15-14(6-3-8-16-9-7-14)10-13-17-11-4-1-2-5-12(11)18-13/h1-2,4-5,16H,3,6-10H2. The van der Waals surface area contributed by atoms with Gasteiger partial charge in [0.05, 0.1) is 15.2 Å². The van der Waals surface area contributed by atoms with Gasteiger partial charge in [0, 0.05) is 6.42 Å². The number of benzene rings is 1. The molecule has 0 spiro atoms. The number of halogens is 1. The Morgan fingerprint density at radius 1 is 1.28 bits per heavy atom. The zero-order chi connectivity index (χ0) is 12.4. The normalized spacial score (nSPS) is 25.2. The predicted octanol–water partition coefficient (Wildman–Crippen LogP) is 3.32. The van der Waals surface area contributed by atoms with Gasteiger partial charge >= 0.3 is 0 Å². The number of nitrogens with zero attached hydrogens (tertiary/aromatic N) is 1. The van der Waals surface area contributed by atoms with Crippen LogP contribution in [0.4, 0.5) is 4.39 Å². The van der Waals surface area contributed by atoms with Crippen LogP contribution in [0.1, 0.15) is 24.3 Å². The number of hydrogen-bond donors (Lipinski definition) is 1. The van der Waals surface area contributed by atoms with Gasteiger partial charge in [0.1, 0.15) is 5.67 Å². The molecule has 0 aliphatic carbocycles. The summed E-state index contributed by atoms with van der Waals surface area (Å²) in [6, 6.07) is 8.03. The first-order chi connectivity index (χ1) is 8.75. The van der Waals surface area contributed by atoms with E-state index in [9.17, 15) is 4.39 Å². The fourth-order valence-electron chi connectivity index (χ4n) is 2.54. The van der Waals surface area contributed by atoms with Gasteiger partial charge in [0.25, 0.3) is 0 Å². The Kier molecular flexibility index (Phi) is 3.31. The van der Waals surface area contributed by atoms with Gasteiger partial charge in [-0.1, -0.05) is 12.1 Å². The summed E-state index contributed by atoms with van der Waals surface area (Å²) in [4.78, 5) is 4.54. The average Bonchev–Trinajstić information content (AvgIpc) is 2.63. The maximum Gasteiger partial charge on any atom is 0.118 e. The quantitative estimate of drug-likeness (QED) is 0.900. The lowest BCUT2D eigenvalue weighted by molar-refractivity contribution is 0.144. The number of nitrogens with one attached hydrogen (secondary N) is 1. The summed E-state index contributed by atoms with van der Waals surface area (Å²) in [5, 5.41) is 4.19. The fourth-order valence-corrected chi connectivity index (χ4v) is 3.63. The third-order valence-corrected chi connectivity index (χ3v) is 4.57. The van der Waals surface area contributed by atoms with Crippen molar-refractivity contribution in [2.24, 2.45) is 0 Å². The molecule has 18 heavy (non-hydrogen) atoms. The molecule has 2 nitrogen and oxygen atoms in total. The van der Waals surface area contributed by atoms with Crippen LogP contribution in [0.3, 0.4) is 0 Å². The van der Waals surface area contributed by atoms with Crippen LogP contribution in [0.15, 0.2) is 24.3 Å². The highest BCUT2D eigenvalue weighted by atomic mass is 32.1. The summed E-state index contributed by atoms with van der Waals surface area (Å²) in [6.45, 7) is 1.72. The lowest BCUT2D eigenvalue weighted by Crippen LogP contribution is -2.27. The Morgan fingerprint density at radius 3 is 3.06 bits per heavy atom. The molecular formula is C14H17FN2S. The number of rotatable bonds is 2. The van der Waals surface area contributed by atoms with E-state index >= 15 is 0 Å². The average molecular weight is 264 g/mol. The molecule has 1 fully saturated rings. The molecule has 3 rings (SSSR count). The molecule has 0 bridgehead atoms. The van der Waals surface area contributed by atoms with E-state index in [1.807, 2.05) is 18.2 Å². The van der Waals surface area contributed by atoms with Crippen molar-refractivity contribution in [3.63, 3.8) is 0 Å². The van der Waals surface area contributed by atoms with Gasteiger partial charge in [-0.15, -0.1) is 11.3 Å². The second-order valence-electron chi connectivity index (χ2n) is 5.01. The first-order valence-electron chi connectivity index (χ1n) is 6.49. The highest BCUT2D eigenvalue weighted by Gasteiger charge is 2.31. The summed E-state index contributed by atoms with van der Waals surface area (Å²) < 4.78 is 15.9. The first-order valence-corrected chi connectivity index (χ1v) is 7.31. The number of para-hydroxylation sites is 1. The van der Waals surface area contributed by atoms with E-state index in [0.29, 0.717) is 19.3 Å². The molecule has 0 saturated carbocycles. The largest absolute Gasteiger partial charge is 0.317 e. The smallest absolute Gasteiger partial charge is 0.118 e. The maximum absolute atomic E-state index is 14.8. The zero-order valence-corrected chi connectivity index (χ0v) is 11.1. The van der Waals surface area contributed by atoms with Crippen molar-refractivity contribution < 1.29 is 4.39 Å². The second-order valence-corrected chi connectivity index (χ2v) is 6.12. The molecule has 96 valence electrons. The Bertz CT molecular complexity index is 496. The van der Waals surface area contributed by atoms with Crippen molar-refractivity contribution in [1.29, 1.82) is 0 Å². The first kappa shape index (κ1) is 12.1. The van der Waals surface area contributed by atoms with E-state index in [2.05, 4.69) is 16.4 Å². The summed E-state index contributed by atoms with van der Waals surface area (Å²) in [5.74, 6) is 0. The molecule has 1 atom stereocenters. The van der Waals surface area contributed by atoms with E-state index in [1.54, 1.807) is 11.3 Å². The van der Waals surface area contributed by atoms with Crippen molar-refractivity contribution in [2.45, 2.75) is 31.4 Å². The minimum Gasteiger partial charge on any atom is -0.317 e. The number of aromatic nitrogens is 1. The van der Waals surface area contributed by atoms with Crippen molar-refractivity contribution in [3.05, 3.63) is 29.3 Å². The number of thiazole rings is 1. The minimum absolute atomic E-state index is 0.466. The van der Waals surface area contributed by atoms with Gasteiger partial charge in [-0.2, -0.15) is 0 Å². The third kappa shape index (κ3) is 2.54. The molecule has 1 aromatic carbocycles. The molecule has 1 saturated heterocycles. The number of alkyl halides is 1. The molecule has 0 amide bonds.